The van der Waals surface area contributed by atoms with Gasteiger partial charge in [-0.2, -0.15) is 0 Å². The summed E-state index contributed by atoms with van der Waals surface area (Å²) in [6.45, 7) is 0.0450. The van der Waals surface area contributed by atoms with Gasteiger partial charge in [0.05, 0.1) is 18.4 Å². The van der Waals surface area contributed by atoms with Crippen molar-refractivity contribution >= 4 is 22.6 Å². The van der Waals surface area contributed by atoms with E-state index in [0.29, 0.717) is 17.9 Å². The van der Waals surface area contributed by atoms with E-state index in [4.69, 9.17) is 9.15 Å². The Morgan fingerprint density at radius 3 is 2.65 bits per heavy atom. The van der Waals surface area contributed by atoms with Gasteiger partial charge in [-0.25, -0.2) is 4.79 Å². The van der Waals surface area contributed by atoms with Gasteiger partial charge in [-0.1, -0.05) is 24.3 Å². The van der Waals surface area contributed by atoms with Crippen molar-refractivity contribution in [2.24, 2.45) is 0 Å². The Balaban J connectivity index is 1.46. The van der Waals surface area contributed by atoms with Crippen LogP contribution in [0.4, 0.5) is 0 Å². The van der Waals surface area contributed by atoms with E-state index in [9.17, 15) is 9.59 Å². The van der Waals surface area contributed by atoms with Crippen LogP contribution < -0.4 is 0 Å². The molecule has 4 rings (SSSR count). The van der Waals surface area contributed by atoms with Gasteiger partial charge in [0.15, 0.2) is 6.61 Å². The topological polar surface area (TPSA) is 59.8 Å². The number of hydrogen-bond donors (Lipinski definition) is 0. The van der Waals surface area contributed by atoms with Crippen LogP contribution in [0.15, 0.2) is 53.1 Å². The van der Waals surface area contributed by atoms with Crippen LogP contribution in [0.25, 0.3) is 10.8 Å². The van der Waals surface area contributed by atoms with Crippen molar-refractivity contribution in [3.8, 4) is 0 Å². The van der Waals surface area contributed by atoms with Gasteiger partial charge < -0.3 is 14.1 Å². The molecule has 1 aliphatic rings. The summed E-state index contributed by atoms with van der Waals surface area (Å²) < 4.78 is 10.5. The largest absolute Gasteiger partial charge is 0.467 e. The summed E-state index contributed by atoms with van der Waals surface area (Å²) in [6.07, 6.45) is 3.56. The third-order valence-electron chi connectivity index (χ3n) is 4.82. The molecule has 0 unspecified atom stereocenters. The van der Waals surface area contributed by atoms with E-state index >= 15 is 0 Å². The van der Waals surface area contributed by atoms with E-state index in [2.05, 4.69) is 6.07 Å². The van der Waals surface area contributed by atoms with Gasteiger partial charge in [0, 0.05) is 7.05 Å². The molecule has 5 nitrogen and oxygen atoms in total. The first-order valence-corrected chi connectivity index (χ1v) is 8.60. The van der Waals surface area contributed by atoms with E-state index in [0.717, 1.165) is 23.6 Å². The fraction of sp³-hybridized carbons (Fsp3) is 0.238. The van der Waals surface area contributed by atoms with E-state index in [-0.39, 0.29) is 12.5 Å². The van der Waals surface area contributed by atoms with Crippen LogP contribution in [0.5, 0.6) is 0 Å². The lowest BCUT2D eigenvalue weighted by Gasteiger charge is -2.16. The molecule has 1 amide bonds. The fourth-order valence-electron chi connectivity index (χ4n) is 3.46. The lowest BCUT2D eigenvalue weighted by molar-refractivity contribution is -0.133. The highest BCUT2D eigenvalue weighted by atomic mass is 16.5. The maximum absolute atomic E-state index is 12.5. The maximum Gasteiger partial charge on any atom is 0.339 e. The molecule has 0 aliphatic heterocycles. The predicted octanol–water partition coefficient (Wildman–Crippen LogP) is 3.35. The van der Waals surface area contributed by atoms with Gasteiger partial charge in [-0.15, -0.1) is 0 Å². The summed E-state index contributed by atoms with van der Waals surface area (Å²) >= 11 is 0. The average Bonchev–Trinajstić information content (AvgIpc) is 3.31. The van der Waals surface area contributed by atoms with Crippen LogP contribution in [0, 0.1) is 0 Å². The van der Waals surface area contributed by atoms with Crippen LogP contribution in [-0.4, -0.2) is 30.4 Å². The normalized spacial score (nSPS) is 12.3. The number of carbonyl (C=O) groups excluding carboxylic acids is 2. The van der Waals surface area contributed by atoms with Crippen LogP contribution in [0.2, 0.25) is 0 Å². The number of benzene rings is 2. The number of aryl methyl sites for hydroxylation is 2. The molecule has 1 aliphatic carbocycles. The summed E-state index contributed by atoms with van der Waals surface area (Å²) in [4.78, 5) is 26.2. The molecule has 26 heavy (non-hydrogen) atoms. The van der Waals surface area contributed by atoms with Crippen molar-refractivity contribution in [2.45, 2.75) is 19.4 Å². The minimum absolute atomic E-state index is 0.277. The molecule has 2 aromatic carbocycles. The molecule has 3 aromatic rings. The van der Waals surface area contributed by atoms with Crippen molar-refractivity contribution in [1.29, 1.82) is 0 Å². The Kier molecular flexibility index (Phi) is 4.21. The van der Waals surface area contributed by atoms with Crippen LogP contribution in [0.3, 0.4) is 0 Å². The fourth-order valence-corrected chi connectivity index (χ4v) is 3.46. The Hall–Kier alpha value is -3.08. The summed E-state index contributed by atoms with van der Waals surface area (Å²) in [7, 11) is 1.65. The molecule has 0 saturated carbocycles. The van der Waals surface area contributed by atoms with E-state index in [1.165, 1.54) is 16.0 Å². The number of hydrogen-bond acceptors (Lipinski definition) is 4. The lowest BCUT2D eigenvalue weighted by Crippen LogP contribution is -2.30. The zero-order valence-electron chi connectivity index (χ0n) is 14.5. The van der Waals surface area contributed by atoms with Crippen LogP contribution >= 0.6 is 0 Å². The molecule has 5 heteroatoms. The molecular weight excluding hydrogens is 330 g/mol. The van der Waals surface area contributed by atoms with Crippen molar-refractivity contribution in [1.82, 2.24) is 4.90 Å². The van der Waals surface area contributed by atoms with E-state index in [1.807, 2.05) is 18.2 Å². The molecule has 0 radical (unpaired) electrons. The first kappa shape index (κ1) is 16.4. The third kappa shape index (κ3) is 2.96. The number of amides is 1. The molecule has 0 N–H and O–H groups in total. The number of likely N-dealkylation sites (N-methyl/N-ethyl adjacent to an activating group) is 1. The van der Waals surface area contributed by atoms with Crippen molar-refractivity contribution in [3.05, 3.63) is 71.2 Å². The number of esters is 1. The molecule has 0 fully saturated rings. The second-order valence-electron chi connectivity index (χ2n) is 6.52. The van der Waals surface area contributed by atoms with Crippen LogP contribution in [-0.2, 0) is 28.9 Å². The SMILES string of the molecule is CN(Cc1ccco1)C(=O)COC(=O)c1ccc2c3c(cccc13)CC2. The Morgan fingerprint density at radius 1 is 1.08 bits per heavy atom. The number of ether oxygens (including phenoxy) is 1. The first-order valence-electron chi connectivity index (χ1n) is 8.60. The van der Waals surface area contributed by atoms with Crippen LogP contribution in [0.1, 0.15) is 27.2 Å². The van der Waals surface area contributed by atoms with Gasteiger partial charge >= 0.3 is 5.97 Å². The summed E-state index contributed by atoms with van der Waals surface area (Å²) in [5.74, 6) is -0.0688. The van der Waals surface area contributed by atoms with Gasteiger partial charge in [0.2, 0.25) is 0 Å². The molecule has 1 heterocycles. The Bertz CT molecular complexity index is 965. The van der Waals surface area contributed by atoms with Crippen molar-refractivity contribution in [3.63, 3.8) is 0 Å². The number of rotatable bonds is 5. The highest BCUT2D eigenvalue weighted by Crippen LogP contribution is 2.32. The zero-order valence-corrected chi connectivity index (χ0v) is 14.5. The smallest absolute Gasteiger partial charge is 0.339 e. The molecule has 1 aromatic heterocycles. The molecule has 0 atom stereocenters. The second-order valence-corrected chi connectivity index (χ2v) is 6.52. The summed E-state index contributed by atoms with van der Waals surface area (Å²) in [5.41, 5.74) is 3.04. The first-order chi connectivity index (χ1) is 12.6. The summed E-state index contributed by atoms with van der Waals surface area (Å²) in [5, 5.41) is 2.06. The average molecular weight is 349 g/mol. The highest BCUT2D eigenvalue weighted by Gasteiger charge is 2.20. The monoisotopic (exact) mass is 349 g/mol. The third-order valence-corrected chi connectivity index (χ3v) is 4.82. The number of carbonyl (C=O) groups is 2. The second kappa shape index (κ2) is 6.67. The molecule has 0 bridgehead atoms. The predicted molar refractivity (Wildman–Crippen MR) is 96.8 cm³/mol. The van der Waals surface area contributed by atoms with Crippen molar-refractivity contribution in [2.75, 3.05) is 13.7 Å². The minimum Gasteiger partial charge on any atom is -0.467 e. The zero-order chi connectivity index (χ0) is 18.1. The number of furan rings is 1. The minimum atomic E-state index is -0.472. The quantitative estimate of drug-likeness (QED) is 0.663. The molecule has 0 spiro atoms. The van der Waals surface area contributed by atoms with Gasteiger partial charge in [-0.3, -0.25) is 4.79 Å². The maximum atomic E-state index is 12.5. The van der Waals surface area contributed by atoms with Gasteiger partial charge in [0.1, 0.15) is 5.76 Å². The van der Waals surface area contributed by atoms with E-state index in [1.54, 1.807) is 31.5 Å². The summed E-state index contributed by atoms with van der Waals surface area (Å²) in [6, 6.07) is 13.3. The Morgan fingerprint density at radius 2 is 1.88 bits per heavy atom. The van der Waals surface area contributed by atoms with Gasteiger partial charge in [-0.05, 0) is 52.9 Å². The van der Waals surface area contributed by atoms with E-state index < -0.39 is 5.97 Å². The number of nitrogens with zero attached hydrogens (tertiary/aromatic N) is 1. The Labute approximate surface area is 151 Å². The highest BCUT2D eigenvalue weighted by molar-refractivity contribution is 6.07. The molecule has 0 saturated heterocycles. The van der Waals surface area contributed by atoms with Crippen molar-refractivity contribution < 1.29 is 18.7 Å². The molecule has 132 valence electrons. The standard InChI is InChI=1S/C21H19NO4/c1-22(12-16-5-3-11-25-16)19(23)13-26-21(24)18-10-9-15-8-7-14-4-2-6-17(18)20(14)15/h2-6,9-11H,7-8,12-13H2,1H3. The lowest BCUT2D eigenvalue weighted by atomic mass is 10.00. The molecular formula is C21H19NO4. The van der Waals surface area contributed by atoms with Gasteiger partial charge in [0.25, 0.3) is 5.91 Å².